The van der Waals surface area contributed by atoms with Crippen molar-refractivity contribution >= 4 is 5.91 Å². The summed E-state index contributed by atoms with van der Waals surface area (Å²) in [6.07, 6.45) is 5.93. The molecule has 0 saturated carbocycles. The van der Waals surface area contributed by atoms with Gasteiger partial charge in [-0.25, -0.2) is 4.98 Å². The minimum atomic E-state index is 0.0348. The maximum Gasteiger partial charge on any atom is 0.222 e. The van der Waals surface area contributed by atoms with Crippen molar-refractivity contribution in [3.8, 4) is 0 Å². The topological polar surface area (TPSA) is 64.7 Å². The second-order valence-electron chi connectivity index (χ2n) is 6.23. The highest BCUT2D eigenvalue weighted by Crippen LogP contribution is 2.08. The standard InChI is InChI=1S/C19H23N5O/c1-15-10-16(2)24(22-15)8-6-19(25)21-12-17-4-3-5-18(11-17)13-23-9-7-20-14-23/h3-5,7,9-11,14H,6,8,12-13H2,1-2H3,(H,21,25). The van der Waals surface area contributed by atoms with Gasteiger partial charge in [-0.1, -0.05) is 24.3 Å². The van der Waals surface area contributed by atoms with E-state index in [1.54, 1.807) is 12.5 Å². The molecule has 0 spiro atoms. The number of nitrogens with one attached hydrogen (secondary N) is 1. The second-order valence-corrected chi connectivity index (χ2v) is 6.23. The molecule has 0 atom stereocenters. The van der Waals surface area contributed by atoms with Crippen LogP contribution in [0.25, 0.3) is 0 Å². The average Bonchev–Trinajstić information content (AvgIpc) is 3.20. The highest BCUT2D eigenvalue weighted by Gasteiger charge is 2.06. The fraction of sp³-hybridized carbons (Fsp3) is 0.316. The minimum absolute atomic E-state index is 0.0348. The monoisotopic (exact) mass is 337 g/mol. The fourth-order valence-electron chi connectivity index (χ4n) is 2.83. The largest absolute Gasteiger partial charge is 0.352 e. The van der Waals surface area contributed by atoms with Crippen LogP contribution in [0.2, 0.25) is 0 Å². The van der Waals surface area contributed by atoms with Gasteiger partial charge in [-0.05, 0) is 31.0 Å². The molecule has 6 nitrogen and oxygen atoms in total. The SMILES string of the molecule is Cc1cc(C)n(CCC(=O)NCc2cccc(Cn3ccnc3)c2)n1. The maximum absolute atomic E-state index is 12.1. The van der Waals surface area contributed by atoms with Gasteiger partial charge in [0.2, 0.25) is 5.91 Å². The summed E-state index contributed by atoms with van der Waals surface area (Å²) < 4.78 is 3.90. The molecule has 0 aliphatic carbocycles. The lowest BCUT2D eigenvalue weighted by Crippen LogP contribution is -2.24. The number of hydrogen-bond acceptors (Lipinski definition) is 3. The van der Waals surface area contributed by atoms with Gasteiger partial charge in [-0.2, -0.15) is 5.10 Å². The summed E-state index contributed by atoms with van der Waals surface area (Å²) >= 11 is 0. The van der Waals surface area contributed by atoms with Crippen molar-refractivity contribution in [2.24, 2.45) is 0 Å². The van der Waals surface area contributed by atoms with E-state index < -0.39 is 0 Å². The van der Waals surface area contributed by atoms with Crippen molar-refractivity contribution < 1.29 is 4.79 Å². The summed E-state index contributed by atoms with van der Waals surface area (Å²) in [7, 11) is 0. The van der Waals surface area contributed by atoms with E-state index >= 15 is 0 Å². The highest BCUT2D eigenvalue weighted by atomic mass is 16.1. The lowest BCUT2D eigenvalue weighted by Gasteiger charge is -2.09. The van der Waals surface area contributed by atoms with E-state index in [1.165, 1.54) is 5.56 Å². The number of amides is 1. The van der Waals surface area contributed by atoms with Crippen LogP contribution in [-0.4, -0.2) is 25.2 Å². The first-order valence-electron chi connectivity index (χ1n) is 8.41. The molecule has 3 rings (SSSR count). The number of nitrogens with zero attached hydrogens (tertiary/aromatic N) is 4. The number of benzene rings is 1. The first kappa shape index (κ1) is 17.0. The molecule has 130 valence electrons. The van der Waals surface area contributed by atoms with E-state index in [4.69, 9.17) is 0 Å². The Morgan fingerprint density at radius 1 is 1.20 bits per heavy atom. The van der Waals surface area contributed by atoms with Crippen molar-refractivity contribution in [1.29, 1.82) is 0 Å². The van der Waals surface area contributed by atoms with Crippen molar-refractivity contribution in [3.05, 3.63) is 71.6 Å². The fourth-order valence-corrected chi connectivity index (χ4v) is 2.83. The summed E-state index contributed by atoms with van der Waals surface area (Å²) in [5.74, 6) is 0.0348. The third-order valence-electron chi connectivity index (χ3n) is 4.06. The molecule has 0 bridgehead atoms. The summed E-state index contributed by atoms with van der Waals surface area (Å²) in [4.78, 5) is 16.1. The van der Waals surface area contributed by atoms with Gasteiger partial charge in [0.1, 0.15) is 0 Å². The Balaban J connectivity index is 1.49. The molecule has 6 heteroatoms. The van der Waals surface area contributed by atoms with Gasteiger partial charge in [0.05, 0.1) is 12.0 Å². The number of rotatable bonds is 7. The van der Waals surface area contributed by atoms with Crippen LogP contribution in [-0.2, 0) is 24.4 Å². The number of aryl methyl sites for hydroxylation is 3. The maximum atomic E-state index is 12.1. The average molecular weight is 337 g/mol. The molecule has 0 fully saturated rings. The second kappa shape index (κ2) is 7.79. The van der Waals surface area contributed by atoms with Gasteiger partial charge in [0, 0.05) is 44.1 Å². The Kier molecular flexibility index (Phi) is 5.28. The number of imidazole rings is 1. The van der Waals surface area contributed by atoms with Crippen LogP contribution in [0.1, 0.15) is 28.9 Å². The van der Waals surface area contributed by atoms with Gasteiger partial charge < -0.3 is 9.88 Å². The molecule has 0 aliphatic heterocycles. The van der Waals surface area contributed by atoms with Gasteiger partial charge >= 0.3 is 0 Å². The molecule has 25 heavy (non-hydrogen) atoms. The molecule has 1 N–H and O–H groups in total. The highest BCUT2D eigenvalue weighted by molar-refractivity contribution is 5.75. The Morgan fingerprint density at radius 2 is 2.04 bits per heavy atom. The number of carbonyl (C=O) groups is 1. The third-order valence-corrected chi connectivity index (χ3v) is 4.06. The first-order chi connectivity index (χ1) is 12.1. The van der Waals surface area contributed by atoms with Crippen molar-refractivity contribution in [2.75, 3.05) is 0 Å². The van der Waals surface area contributed by atoms with Crippen LogP contribution in [0.4, 0.5) is 0 Å². The van der Waals surface area contributed by atoms with Crippen LogP contribution >= 0.6 is 0 Å². The summed E-state index contributed by atoms with van der Waals surface area (Å²) in [6, 6.07) is 10.3. The van der Waals surface area contributed by atoms with Crippen LogP contribution < -0.4 is 5.32 Å². The van der Waals surface area contributed by atoms with E-state index in [0.717, 1.165) is 23.5 Å². The molecule has 0 radical (unpaired) electrons. The van der Waals surface area contributed by atoms with Gasteiger partial charge in [-0.3, -0.25) is 9.48 Å². The van der Waals surface area contributed by atoms with Crippen molar-refractivity contribution in [2.45, 2.75) is 39.9 Å². The zero-order valence-corrected chi connectivity index (χ0v) is 14.6. The van der Waals surface area contributed by atoms with E-state index in [2.05, 4.69) is 27.5 Å². The Morgan fingerprint density at radius 3 is 2.76 bits per heavy atom. The van der Waals surface area contributed by atoms with Crippen LogP contribution in [0.3, 0.4) is 0 Å². The quantitative estimate of drug-likeness (QED) is 0.720. The molecule has 0 aliphatic rings. The summed E-state index contributed by atoms with van der Waals surface area (Å²) in [5, 5.41) is 7.36. The Labute approximate surface area is 147 Å². The predicted octanol–water partition coefficient (Wildman–Crippen LogP) is 2.45. The molecule has 0 unspecified atom stereocenters. The van der Waals surface area contributed by atoms with Gasteiger partial charge in [0.15, 0.2) is 0 Å². The van der Waals surface area contributed by atoms with E-state index in [1.807, 2.05) is 47.5 Å². The normalized spacial score (nSPS) is 10.8. The lowest BCUT2D eigenvalue weighted by atomic mass is 10.1. The molecular formula is C19H23N5O. The third kappa shape index (κ3) is 4.79. The van der Waals surface area contributed by atoms with Crippen LogP contribution in [0.15, 0.2) is 49.1 Å². The summed E-state index contributed by atoms with van der Waals surface area (Å²) in [6.45, 7) is 5.88. The molecule has 1 amide bonds. The number of hydrogen-bond donors (Lipinski definition) is 1. The van der Waals surface area contributed by atoms with E-state index in [-0.39, 0.29) is 5.91 Å². The first-order valence-corrected chi connectivity index (χ1v) is 8.41. The molecule has 2 aromatic heterocycles. The zero-order chi connectivity index (χ0) is 17.6. The van der Waals surface area contributed by atoms with E-state index in [9.17, 15) is 4.79 Å². The lowest BCUT2D eigenvalue weighted by molar-refractivity contribution is -0.121. The van der Waals surface area contributed by atoms with Gasteiger partial charge in [0.25, 0.3) is 0 Å². The Bertz CT molecular complexity index is 835. The van der Waals surface area contributed by atoms with Crippen LogP contribution in [0, 0.1) is 13.8 Å². The Hall–Kier alpha value is -2.89. The summed E-state index contributed by atoms with van der Waals surface area (Å²) in [5.41, 5.74) is 4.34. The van der Waals surface area contributed by atoms with Crippen LogP contribution in [0.5, 0.6) is 0 Å². The van der Waals surface area contributed by atoms with Gasteiger partial charge in [-0.15, -0.1) is 0 Å². The number of carbonyl (C=O) groups excluding carboxylic acids is 1. The minimum Gasteiger partial charge on any atom is -0.352 e. The molecular weight excluding hydrogens is 314 g/mol. The van der Waals surface area contributed by atoms with Crippen molar-refractivity contribution in [1.82, 2.24) is 24.6 Å². The smallest absolute Gasteiger partial charge is 0.222 e. The molecule has 0 saturated heterocycles. The number of aromatic nitrogens is 4. The van der Waals surface area contributed by atoms with E-state index in [0.29, 0.717) is 19.5 Å². The molecule has 3 aromatic rings. The predicted molar refractivity (Wildman–Crippen MR) is 95.9 cm³/mol. The zero-order valence-electron chi connectivity index (χ0n) is 14.6. The molecule has 1 aromatic carbocycles. The molecule has 2 heterocycles. The van der Waals surface area contributed by atoms with Crippen molar-refractivity contribution in [3.63, 3.8) is 0 Å².